The van der Waals surface area contributed by atoms with Gasteiger partial charge in [-0.15, -0.1) is 0 Å². The highest BCUT2D eigenvalue weighted by atomic mass is 16.5. The monoisotopic (exact) mass is 266 g/mol. The van der Waals surface area contributed by atoms with E-state index in [4.69, 9.17) is 4.74 Å². The molecule has 110 valence electrons. The molecule has 1 saturated heterocycles. The first-order valence-corrected chi connectivity index (χ1v) is 8.38. The van der Waals surface area contributed by atoms with Crippen molar-refractivity contribution in [2.24, 2.45) is 17.8 Å². The molecule has 1 heterocycles. The van der Waals surface area contributed by atoms with Crippen LogP contribution in [0.15, 0.2) is 0 Å². The molecule has 0 bridgehead atoms. The molecule has 3 heteroatoms. The number of ether oxygens (including phenoxy) is 1. The lowest BCUT2D eigenvalue weighted by Gasteiger charge is -2.36. The van der Waals surface area contributed by atoms with Crippen molar-refractivity contribution in [2.75, 3.05) is 39.4 Å². The van der Waals surface area contributed by atoms with Gasteiger partial charge in [-0.2, -0.15) is 0 Å². The van der Waals surface area contributed by atoms with Gasteiger partial charge in [-0.25, -0.2) is 0 Å². The summed E-state index contributed by atoms with van der Waals surface area (Å²) in [6, 6.07) is 0.680. The second-order valence-electron chi connectivity index (χ2n) is 6.89. The molecule has 1 aliphatic heterocycles. The Bertz CT molecular complexity index is 260. The predicted molar refractivity (Wildman–Crippen MR) is 78.3 cm³/mol. The normalized spacial score (nSPS) is 31.9. The maximum atomic E-state index is 5.73. The Morgan fingerprint density at radius 2 is 1.68 bits per heavy atom. The highest BCUT2D eigenvalue weighted by Gasteiger charge is 2.32. The third-order valence-corrected chi connectivity index (χ3v) is 4.86. The average molecular weight is 266 g/mol. The summed E-state index contributed by atoms with van der Waals surface area (Å²) in [6.45, 7) is 9.18. The number of hydrogen-bond acceptors (Lipinski definition) is 3. The van der Waals surface area contributed by atoms with Crippen molar-refractivity contribution in [1.82, 2.24) is 10.2 Å². The summed E-state index contributed by atoms with van der Waals surface area (Å²) in [4.78, 5) is 2.76. The van der Waals surface area contributed by atoms with E-state index in [1.165, 1.54) is 51.7 Å². The Balaban J connectivity index is 1.51. The molecule has 3 nitrogen and oxygen atoms in total. The van der Waals surface area contributed by atoms with E-state index in [1.54, 1.807) is 0 Å². The summed E-state index contributed by atoms with van der Waals surface area (Å²) < 4.78 is 5.73. The van der Waals surface area contributed by atoms with E-state index in [2.05, 4.69) is 17.1 Å². The van der Waals surface area contributed by atoms with E-state index in [0.29, 0.717) is 12.0 Å². The molecule has 0 aromatic heterocycles. The van der Waals surface area contributed by atoms with Crippen LogP contribution in [0, 0.1) is 17.8 Å². The van der Waals surface area contributed by atoms with Gasteiger partial charge < -0.3 is 15.0 Å². The van der Waals surface area contributed by atoms with E-state index >= 15 is 0 Å². The van der Waals surface area contributed by atoms with Gasteiger partial charge in [-0.1, -0.05) is 6.92 Å². The molecule has 2 atom stereocenters. The van der Waals surface area contributed by atoms with Crippen LogP contribution >= 0.6 is 0 Å². The summed E-state index contributed by atoms with van der Waals surface area (Å²) >= 11 is 0. The van der Waals surface area contributed by atoms with Gasteiger partial charge in [0.05, 0.1) is 6.61 Å². The standard InChI is InChI=1S/C16H30N2O/c1-2-17-16-7-8-19-12-15(16)11-18(9-13-3-4-13)10-14-5-6-14/h13-17H,2-12H2,1H3. The third kappa shape index (κ3) is 4.44. The largest absolute Gasteiger partial charge is 0.381 e. The fraction of sp³-hybridized carbons (Fsp3) is 1.00. The molecule has 2 aliphatic carbocycles. The minimum Gasteiger partial charge on any atom is -0.381 e. The van der Waals surface area contributed by atoms with Crippen LogP contribution in [-0.4, -0.2) is 50.3 Å². The number of nitrogens with one attached hydrogen (secondary N) is 1. The minimum absolute atomic E-state index is 0.680. The lowest BCUT2D eigenvalue weighted by atomic mass is 9.94. The van der Waals surface area contributed by atoms with E-state index in [-0.39, 0.29) is 0 Å². The van der Waals surface area contributed by atoms with Crippen molar-refractivity contribution in [2.45, 2.75) is 45.1 Å². The molecular weight excluding hydrogens is 236 g/mol. The van der Waals surface area contributed by atoms with Crippen molar-refractivity contribution in [3.05, 3.63) is 0 Å². The first-order valence-electron chi connectivity index (χ1n) is 8.38. The van der Waals surface area contributed by atoms with Gasteiger partial charge in [0.2, 0.25) is 0 Å². The van der Waals surface area contributed by atoms with Gasteiger partial charge in [0.1, 0.15) is 0 Å². The fourth-order valence-corrected chi connectivity index (χ4v) is 3.39. The number of hydrogen-bond donors (Lipinski definition) is 1. The minimum atomic E-state index is 0.680. The van der Waals surface area contributed by atoms with Crippen molar-refractivity contribution in [1.29, 1.82) is 0 Å². The third-order valence-electron chi connectivity index (χ3n) is 4.86. The quantitative estimate of drug-likeness (QED) is 0.728. The summed E-state index contributed by atoms with van der Waals surface area (Å²) in [6.07, 6.45) is 7.08. The predicted octanol–water partition coefficient (Wildman–Crippen LogP) is 2.12. The van der Waals surface area contributed by atoms with Gasteiger partial charge in [-0.05, 0) is 50.5 Å². The van der Waals surface area contributed by atoms with Gasteiger partial charge in [0.25, 0.3) is 0 Å². The molecule has 3 aliphatic rings. The van der Waals surface area contributed by atoms with Gasteiger partial charge in [0.15, 0.2) is 0 Å². The summed E-state index contributed by atoms with van der Waals surface area (Å²) in [5, 5.41) is 3.67. The first kappa shape index (κ1) is 13.8. The second-order valence-corrected chi connectivity index (χ2v) is 6.89. The highest BCUT2D eigenvalue weighted by molar-refractivity contribution is 4.87. The Hall–Kier alpha value is -0.120. The topological polar surface area (TPSA) is 24.5 Å². The maximum Gasteiger partial charge on any atom is 0.0521 e. The van der Waals surface area contributed by atoms with Crippen LogP contribution in [0.4, 0.5) is 0 Å². The van der Waals surface area contributed by atoms with Gasteiger partial charge in [0, 0.05) is 38.2 Å². The van der Waals surface area contributed by atoms with Crippen molar-refractivity contribution < 1.29 is 4.74 Å². The molecule has 2 saturated carbocycles. The van der Waals surface area contributed by atoms with Crippen LogP contribution in [0.25, 0.3) is 0 Å². The van der Waals surface area contributed by atoms with E-state index < -0.39 is 0 Å². The zero-order chi connectivity index (χ0) is 13.1. The van der Waals surface area contributed by atoms with Gasteiger partial charge >= 0.3 is 0 Å². The highest BCUT2D eigenvalue weighted by Crippen LogP contribution is 2.34. The molecule has 0 spiro atoms. The van der Waals surface area contributed by atoms with Crippen LogP contribution in [0.5, 0.6) is 0 Å². The van der Waals surface area contributed by atoms with Crippen LogP contribution in [0.1, 0.15) is 39.0 Å². The van der Waals surface area contributed by atoms with E-state index in [0.717, 1.165) is 31.6 Å². The summed E-state index contributed by atoms with van der Waals surface area (Å²) in [7, 11) is 0. The Morgan fingerprint density at radius 1 is 1.00 bits per heavy atom. The van der Waals surface area contributed by atoms with Crippen LogP contribution in [0.3, 0.4) is 0 Å². The Morgan fingerprint density at radius 3 is 2.26 bits per heavy atom. The van der Waals surface area contributed by atoms with E-state index in [1.807, 2.05) is 0 Å². The van der Waals surface area contributed by atoms with Gasteiger partial charge in [-0.3, -0.25) is 0 Å². The molecule has 0 radical (unpaired) electrons. The van der Waals surface area contributed by atoms with Crippen LogP contribution in [0.2, 0.25) is 0 Å². The summed E-state index contributed by atoms with van der Waals surface area (Å²) in [5.41, 5.74) is 0. The smallest absolute Gasteiger partial charge is 0.0521 e. The summed E-state index contributed by atoms with van der Waals surface area (Å²) in [5.74, 6) is 2.73. The molecule has 0 aromatic carbocycles. The van der Waals surface area contributed by atoms with E-state index in [9.17, 15) is 0 Å². The zero-order valence-corrected chi connectivity index (χ0v) is 12.4. The zero-order valence-electron chi connectivity index (χ0n) is 12.4. The molecule has 0 aromatic rings. The molecule has 3 rings (SSSR count). The lowest BCUT2D eigenvalue weighted by molar-refractivity contribution is 0.0157. The van der Waals surface area contributed by atoms with Crippen molar-refractivity contribution in [3.8, 4) is 0 Å². The maximum absolute atomic E-state index is 5.73. The number of nitrogens with zero attached hydrogens (tertiary/aromatic N) is 1. The fourth-order valence-electron chi connectivity index (χ4n) is 3.39. The number of rotatable bonds is 8. The Kier molecular flexibility index (Phi) is 4.78. The lowest BCUT2D eigenvalue weighted by Crippen LogP contribution is -2.48. The van der Waals surface area contributed by atoms with Crippen LogP contribution < -0.4 is 5.32 Å². The van der Waals surface area contributed by atoms with Crippen LogP contribution in [-0.2, 0) is 4.74 Å². The molecular formula is C16H30N2O. The SMILES string of the molecule is CCNC1CCOCC1CN(CC1CC1)CC1CC1. The van der Waals surface area contributed by atoms with Crippen molar-refractivity contribution in [3.63, 3.8) is 0 Å². The Labute approximate surface area is 118 Å². The molecule has 19 heavy (non-hydrogen) atoms. The average Bonchev–Trinajstić information content (AvgIpc) is 3.28. The molecule has 2 unspecified atom stereocenters. The second kappa shape index (κ2) is 6.55. The molecule has 0 amide bonds. The molecule has 3 fully saturated rings. The first-order chi connectivity index (χ1) is 9.35. The van der Waals surface area contributed by atoms with Crippen molar-refractivity contribution >= 4 is 0 Å². The molecule has 1 N–H and O–H groups in total.